The van der Waals surface area contributed by atoms with Crippen LogP contribution in [0, 0.1) is 5.92 Å². The Balaban J connectivity index is 2.39. The quantitative estimate of drug-likeness (QED) is 0.0782. The molecular weight excluding hydrogens is 528 g/mol. The van der Waals surface area contributed by atoms with Gasteiger partial charge in [0, 0.05) is 13.5 Å². The van der Waals surface area contributed by atoms with Gasteiger partial charge in [-0.1, -0.05) is 97.1 Å². The fourth-order valence-electron chi connectivity index (χ4n) is 4.83. The molecule has 1 fully saturated rings. The van der Waals surface area contributed by atoms with Gasteiger partial charge in [-0.3, -0.25) is 14.4 Å². The molecule has 10 heteroatoms. The molecule has 1 saturated heterocycles. The lowest BCUT2D eigenvalue weighted by atomic mass is 10.00. The molecule has 1 rings (SSSR count). The van der Waals surface area contributed by atoms with Crippen LogP contribution in [0.15, 0.2) is 12.2 Å². The monoisotopic (exact) mass is 584 g/mol. The zero-order valence-electron chi connectivity index (χ0n) is 25.7. The SMILES string of the molecule is CCCCCCCCCCCCCC(=O)O[C@H]1CC[C@H](NC(=O)[C@H](OC)C(O)C(O)C(O)/C=C/C(C)C)C(=O)NC1. The van der Waals surface area contributed by atoms with Crippen LogP contribution in [0.3, 0.4) is 0 Å². The number of rotatable bonds is 21. The molecule has 0 aromatic carbocycles. The second kappa shape index (κ2) is 21.7. The molecule has 3 unspecified atom stereocenters. The van der Waals surface area contributed by atoms with Gasteiger partial charge >= 0.3 is 5.97 Å². The molecule has 1 heterocycles. The zero-order chi connectivity index (χ0) is 30.6. The van der Waals surface area contributed by atoms with Crippen LogP contribution in [0.1, 0.15) is 111 Å². The number of carbonyl (C=O) groups excluding carboxylic acids is 3. The highest BCUT2D eigenvalue weighted by molar-refractivity contribution is 5.89. The van der Waals surface area contributed by atoms with Gasteiger partial charge in [0.15, 0.2) is 6.10 Å². The van der Waals surface area contributed by atoms with E-state index in [-0.39, 0.29) is 24.9 Å². The molecule has 1 aliphatic rings. The van der Waals surface area contributed by atoms with Crippen molar-refractivity contribution in [1.82, 2.24) is 10.6 Å². The molecule has 5 N–H and O–H groups in total. The van der Waals surface area contributed by atoms with E-state index < -0.39 is 48.4 Å². The number of methoxy groups -OCH3 is 1. The van der Waals surface area contributed by atoms with Gasteiger partial charge in [0.1, 0.15) is 30.5 Å². The normalized spacial score (nSPS) is 20.7. The molecule has 0 bridgehead atoms. The summed E-state index contributed by atoms with van der Waals surface area (Å²) in [4.78, 5) is 37.7. The van der Waals surface area contributed by atoms with E-state index in [0.717, 1.165) is 19.3 Å². The lowest BCUT2D eigenvalue weighted by Gasteiger charge is -2.28. The molecule has 1 aliphatic heterocycles. The highest BCUT2D eigenvalue weighted by Gasteiger charge is 2.37. The van der Waals surface area contributed by atoms with Gasteiger partial charge in [0.2, 0.25) is 5.91 Å². The van der Waals surface area contributed by atoms with Gasteiger partial charge in [0.25, 0.3) is 5.91 Å². The molecule has 0 spiro atoms. The summed E-state index contributed by atoms with van der Waals surface area (Å²) in [5, 5.41) is 36.1. The second-order valence-corrected chi connectivity index (χ2v) is 11.5. The maximum Gasteiger partial charge on any atom is 0.306 e. The third-order valence-electron chi connectivity index (χ3n) is 7.41. The van der Waals surface area contributed by atoms with Gasteiger partial charge in [-0.05, 0) is 25.2 Å². The van der Waals surface area contributed by atoms with Crippen molar-refractivity contribution in [2.75, 3.05) is 13.7 Å². The van der Waals surface area contributed by atoms with Crippen molar-refractivity contribution in [1.29, 1.82) is 0 Å². The lowest BCUT2D eigenvalue weighted by Crippen LogP contribution is -2.55. The minimum atomic E-state index is -1.73. The van der Waals surface area contributed by atoms with E-state index in [1.54, 1.807) is 6.08 Å². The van der Waals surface area contributed by atoms with E-state index in [9.17, 15) is 29.7 Å². The molecule has 0 saturated carbocycles. The molecule has 6 atom stereocenters. The first kappa shape index (κ1) is 37.0. The number of amides is 2. The largest absolute Gasteiger partial charge is 0.460 e. The van der Waals surface area contributed by atoms with Gasteiger partial charge in [-0.2, -0.15) is 0 Å². The molecule has 238 valence electrons. The van der Waals surface area contributed by atoms with Crippen LogP contribution in [-0.4, -0.2) is 83.3 Å². The first-order chi connectivity index (χ1) is 19.6. The Morgan fingerprint density at radius 3 is 2.07 bits per heavy atom. The summed E-state index contributed by atoms with van der Waals surface area (Å²) in [6, 6.07) is -0.925. The van der Waals surface area contributed by atoms with E-state index in [1.807, 2.05) is 13.8 Å². The van der Waals surface area contributed by atoms with E-state index in [2.05, 4.69) is 17.6 Å². The summed E-state index contributed by atoms with van der Waals surface area (Å²) in [6.07, 6.45) is 10.3. The number of ether oxygens (including phenoxy) is 2. The summed E-state index contributed by atoms with van der Waals surface area (Å²) in [5.41, 5.74) is 0. The van der Waals surface area contributed by atoms with Crippen molar-refractivity contribution in [3.8, 4) is 0 Å². The molecule has 0 radical (unpaired) electrons. The predicted octanol–water partition coefficient (Wildman–Crippen LogP) is 3.30. The number of esters is 1. The number of hydrogen-bond acceptors (Lipinski definition) is 8. The van der Waals surface area contributed by atoms with Crippen molar-refractivity contribution < 1.29 is 39.2 Å². The maximum atomic E-state index is 12.8. The van der Waals surface area contributed by atoms with Crippen molar-refractivity contribution in [3.63, 3.8) is 0 Å². The average Bonchev–Trinajstić information content (AvgIpc) is 3.11. The van der Waals surface area contributed by atoms with E-state index in [1.165, 1.54) is 64.6 Å². The van der Waals surface area contributed by atoms with Crippen molar-refractivity contribution in [2.45, 2.75) is 147 Å². The van der Waals surface area contributed by atoms with E-state index in [4.69, 9.17) is 9.47 Å². The van der Waals surface area contributed by atoms with Crippen molar-refractivity contribution in [2.24, 2.45) is 5.92 Å². The van der Waals surface area contributed by atoms with E-state index in [0.29, 0.717) is 12.8 Å². The summed E-state index contributed by atoms with van der Waals surface area (Å²) in [6.45, 7) is 6.16. The zero-order valence-corrected chi connectivity index (χ0v) is 25.7. The Morgan fingerprint density at radius 2 is 1.51 bits per heavy atom. The molecule has 0 aromatic rings. The Hall–Kier alpha value is -2.01. The van der Waals surface area contributed by atoms with Crippen LogP contribution in [0.2, 0.25) is 0 Å². The topological polar surface area (TPSA) is 154 Å². The third-order valence-corrected chi connectivity index (χ3v) is 7.41. The maximum absolute atomic E-state index is 12.8. The first-order valence-electron chi connectivity index (χ1n) is 15.6. The highest BCUT2D eigenvalue weighted by Crippen LogP contribution is 2.16. The molecule has 41 heavy (non-hydrogen) atoms. The Kier molecular flexibility index (Phi) is 19.6. The fourth-order valence-corrected chi connectivity index (χ4v) is 4.83. The minimum Gasteiger partial charge on any atom is -0.460 e. The number of carbonyl (C=O) groups is 3. The second-order valence-electron chi connectivity index (χ2n) is 11.5. The van der Waals surface area contributed by atoms with Gasteiger partial charge < -0.3 is 35.4 Å². The molecule has 10 nitrogen and oxygen atoms in total. The van der Waals surface area contributed by atoms with Crippen molar-refractivity contribution in [3.05, 3.63) is 12.2 Å². The van der Waals surface area contributed by atoms with Crippen LogP contribution >= 0.6 is 0 Å². The van der Waals surface area contributed by atoms with Gasteiger partial charge in [-0.15, -0.1) is 0 Å². The average molecular weight is 585 g/mol. The molecule has 2 amide bonds. The van der Waals surface area contributed by atoms with E-state index >= 15 is 0 Å². The minimum absolute atomic E-state index is 0.122. The summed E-state index contributed by atoms with van der Waals surface area (Å²) >= 11 is 0. The van der Waals surface area contributed by atoms with Gasteiger partial charge in [-0.25, -0.2) is 0 Å². The molecular formula is C31H56N2O8. The summed E-state index contributed by atoms with van der Waals surface area (Å²) in [7, 11) is 1.19. The number of nitrogens with one attached hydrogen (secondary N) is 2. The Morgan fingerprint density at radius 1 is 0.927 bits per heavy atom. The number of unbranched alkanes of at least 4 members (excludes halogenated alkanes) is 10. The lowest BCUT2D eigenvalue weighted by molar-refractivity contribution is -0.151. The number of aliphatic hydroxyl groups excluding tert-OH is 3. The number of aliphatic hydroxyl groups is 3. The van der Waals surface area contributed by atoms with Gasteiger partial charge in [0.05, 0.1) is 6.54 Å². The van der Waals surface area contributed by atoms with Crippen LogP contribution in [0.5, 0.6) is 0 Å². The van der Waals surface area contributed by atoms with Crippen LogP contribution in [-0.2, 0) is 23.9 Å². The predicted molar refractivity (Wildman–Crippen MR) is 158 cm³/mol. The fraction of sp³-hybridized carbons (Fsp3) is 0.839. The molecule has 0 aromatic heterocycles. The van der Waals surface area contributed by atoms with Crippen molar-refractivity contribution >= 4 is 17.8 Å². The molecule has 0 aliphatic carbocycles. The van der Waals surface area contributed by atoms with Crippen LogP contribution < -0.4 is 10.6 Å². The summed E-state index contributed by atoms with van der Waals surface area (Å²) in [5.74, 6) is -1.40. The summed E-state index contributed by atoms with van der Waals surface area (Å²) < 4.78 is 10.7. The van der Waals surface area contributed by atoms with Crippen LogP contribution in [0.4, 0.5) is 0 Å². The van der Waals surface area contributed by atoms with Crippen LogP contribution in [0.25, 0.3) is 0 Å². The number of allylic oxidation sites excluding steroid dienone is 1. The Bertz CT molecular complexity index is 775. The Labute approximate surface area is 246 Å². The standard InChI is InChI=1S/C31H56N2O8/c1-5-6-7-8-9-10-11-12-13-14-15-16-26(35)41-23-18-19-24(30(38)32-21-23)33-31(39)29(40-4)28(37)27(36)25(34)20-17-22(2)3/h17,20,22-25,27-29,34,36-37H,5-16,18-19,21H2,1-4H3,(H,32,38)(H,33,39)/b20-17+/t23-,24-,25?,27?,28?,29+/m0/s1. The number of hydrogen-bond donors (Lipinski definition) is 5. The first-order valence-corrected chi connectivity index (χ1v) is 15.6. The smallest absolute Gasteiger partial charge is 0.306 e. The third kappa shape index (κ3) is 15.7. The highest BCUT2D eigenvalue weighted by atomic mass is 16.5.